The second kappa shape index (κ2) is 6.12. The van der Waals surface area contributed by atoms with Gasteiger partial charge in [0, 0.05) is 17.0 Å². The number of amides is 1. The smallest absolute Gasteiger partial charge is 0.452 e. The summed E-state index contributed by atoms with van der Waals surface area (Å²) in [4.78, 5) is 11.5. The first-order valence-electron chi connectivity index (χ1n) is 7.03. The molecule has 2 rings (SSSR count). The average Bonchev–Trinajstić information content (AvgIpc) is 2.69. The predicted octanol–water partition coefficient (Wildman–Crippen LogP) is 4.26. The number of aromatic hydroxyl groups is 2. The fourth-order valence-electron chi connectivity index (χ4n) is 1.97. The molecule has 1 aromatic heterocycles. The van der Waals surface area contributed by atoms with Crippen molar-refractivity contribution in [2.24, 2.45) is 10.2 Å². The molecule has 0 saturated heterocycles. The third kappa shape index (κ3) is 3.88. The van der Waals surface area contributed by atoms with E-state index in [1.165, 1.54) is 10.8 Å². The highest BCUT2D eigenvalue weighted by atomic mass is 16.6. The summed E-state index contributed by atoms with van der Waals surface area (Å²) in [5.41, 5.74) is -0.343. The van der Waals surface area contributed by atoms with Gasteiger partial charge in [-0.25, -0.2) is 4.79 Å². The summed E-state index contributed by atoms with van der Waals surface area (Å²) in [6, 6.07) is 6.88. The molecule has 1 heterocycles. The van der Waals surface area contributed by atoms with Gasteiger partial charge in [0.25, 0.3) is 0 Å². The van der Waals surface area contributed by atoms with Crippen molar-refractivity contribution >= 4 is 23.1 Å². The van der Waals surface area contributed by atoms with E-state index in [1.54, 1.807) is 52.0 Å². The van der Waals surface area contributed by atoms with Crippen molar-refractivity contribution in [3.8, 4) is 11.8 Å². The van der Waals surface area contributed by atoms with Gasteiger partial charge in [-0.15, -0.1) is 5.11 Å². The van der Waals surface area contributed by atoms with E-state index in [4.69, 9.17) is 4.74 Å². The average molecular weight is 317 g/mol. The van der Waals surface area contributed by atoms with E-state index >= 15 is 0 Å². The van der Waals surface area contributed by atoms with Crippen LogP contribution in [0.25, 0.3) is 17.0 Å². The molecule has 1 amide bonds. The Bertz CT molecular complexity index is 758. The van der Waals surface area contributed by atoms with Crippen LogP contribution in [-0.4, -0.2) is 26.5 Å². The monoisotopic (exact) mass is 317 g/mol. The summed E-state index contributed by atoms with van der Waals surface area (Å²) in [5.74, 6) is -0.241. The number of rotatable bonds is 2. The Kier molecular flexibility index (Phi) is 4.40. The number of benzene rings is 1. The zero-order valence-corrected chi connectivity index (χ0v) is 13.4. The molecule has 2 N–H and O–H groups in total. The first kappa shape index (κ1) is 16.5. The van der Waals surface area contributed by atoms with E-state index in [9.17, 15) is 15.0 Å². The Morgan fingerprint density at radius 2 is 1.65 bits per heavy atom. The van der Waals surface area contributed by atoms with E-state index in [0.717, 1.165) is 0 Å². The van der Waals surface area contributed by atoms with Gasteiger partial charge in [0.2, 0.25) is 11.8 Å². The lowest BCUT2D eigenvalue weighted by Crippen LogP contribution is -2.21. The molecule has 1 aromatic carbocycles. The fourth-order valence-corrected chi connectivity index (χ4v) is 1.97. The number of ether oxygens (including phenoxy) is 1. The molecule has 0 spiro atoms. The number of allylic oxidation sites excluding steroid dienone is 1. The fraction of sp³-hybridized carbons (Fsp3) is 0.312. The lowest BCUT2D eigenvalue weighted by atomic mass is 10.2. The van der Waals surface area contributed by atoms with Crippen molar-refractivity contribution in [2.45, 2.75) is 33.3 Å². The van der Waals surface area contributed by atoms with Crippen LogP contribution in [0.1, 0.15) is 27.7 Å². The second-order valence-electron chi connectivity index (χ2n) is 6.01. The molecule has 0 fully saturated rings. The van der Waals surface area contributed by atoms with E-state index in [2.05, 4.69) is 10.2 Å². The standard InChI is InChI=1S/C16H19N3O4/c1-10(17-18-15(22)23-16(2,3)4)9-19-13(20)11-7-5-6-8-12(11)14(19)21/h5-9,20-21H,1-4H3. The zero-order chi connectivity index (χ0) is 17.2. The van der Waals surface area contributed by atoms with Crippen molar-refractivity contribution in [1.82, 2.24) is 4.57 Å². The Hall–Kier alpha value is -2.83. The number of hydrogen-bond donors (Lipinski definition) is 2. The van der Waals surface area contributed by atoms with Crippen LogP contribution in [0.2, 0.25) is 0 Å². The molecule has 7 heteroatoms. The summed E-state index contributed by atoms with van der Waals surface area (Å²) < 4.78 is 6.18. The van der Waals surface area contributed by atoms with Gasteiger partial charge < -0.3 is 14.9 Å². The van der Waals surface area contributed by atoms with Gasteiger partial charge >= 0.3 is 6.09 Å². The summed E-state index contributed by atoms with van der Waals surface area (Å²) in [6.45, 7) is 6.76. The lowest BCUT2D eigenvalue weighted by molar-refractivity contribution is 0.0591. The molecule has 23 heavy (non-hydrogen) atoms. The van der Waals surface area contributed by atoms with Crippen LogP contribution in [0, 0.1) is 0 Å². The van der Waals surface area contributed by atoms with Crippen LogP contribution in [0.3, 0.4) is 0 Å². The first-order valence-corrected chi connectivity index (χ1v) is 7.03. The number of fused-ring (bicyclic) bond motifs is 1. The maximum atomic E-state index is 11.5. The zero-order valence-electron chi connectivity index (χ0n) is 13.4. The van der Waals surface area contributed by atoms with Gasteiger partial charge in [0.15, 0.2) is 0 Å². The Labute approximate surface area is 133 Å². The second-order valence-corrected chi connectivity index (χ2v) is 6.01. The van der Waals surface area contributed by atoms with E-state index in [1.807, 2.05) is 0 Å². The quantitative estimate of drug-likeness (QED) is 0.809. The molecule has 0 radical (unpaired) electrons. The highest BCUT2D eigenvalue weighted by Gasteiger charge is 2.16. The van der Waals surface area contributed by atoms with Crippen molar-refractivity contribution in [3.05, 3.63) is 30.0 Å². The normalized spacial score (nSPS) is 13.0. The number of aromatic nitrogens is 1. The molecular weight excluding hydrogens is 298 g/mol. The molecule has 7 nitrogen and oxygen atoms in total. The summed E-state index contributed by atoms with van der Waals surface area (Å²) in [5, 5.41) is 28.5. The molecule has 0 saturated carbocycles. The van der Waals surface area contributed by atoms with Crippen LogP contribution in [-0.2, 0) is 4.74 Å². The number of nitrogens with zero attached hydrogens (tertiary/aromatic N) is 3. The minimum absolute atomic E-state index is 0.120. The Balaban J connectivity index is 2.27. The van der Waals surface area contributed by atoms with Crippen LogP contribution < -0.4 is 0 Å². The molecule has 0 unspecified atom stereocenters. The van der Waals surface area contributed by atoms with Gasteiger partial charge in [-0.3, -0.25) is 4.57 Å². The van der Waals surface area contributed by atoms with Crippen LogP contribution in [0.15, 0.2) is 40.2 Å². The maximum Gasteiger partial charge on any atom is 0.452 e. The summed E-state index contributed by atoms with van der Waals surface area (Å²) >= 11 is 0. The van der Waals surface area contributed by atoms with Crippen molar-refractivity contribution < 1.29 is 19.7 Å². The number of hydrogen-bond acceptors (Lipinski definition) is 5. The van der Waals surface area contributed by atoms with Gasteiger partial charge in [-0.05, 0) is 39.8 Å². The van der Waals surface area contributed by atoms with E-state index in [-0.39, 0.29) is 11.8 Å². The highest BCUT2D eigenvalue weighted by molar-refractivity contribution is 5.94. The highest BCUT2D eigenvalue weighted by Crippen LogP contribution is 2.36. The van der Waals surface area contributed by atoms with E-state index in [0.29, 0.717) is 16.5 Å². The van der Waals surface area contributed by atoms with Gasteiger partial charge in [-0.1, -0.05) is 17.2 Å². The maximum absolute atomic E-state index is 11.5. The van der Waals surface area contributed by atoms with Gasteiger partial charge in [0.05, 0.1) is 5.70 Å². The van der Waals surface area contributed by atoms with Crippen molar-refractivity contribution in [2.75, 3.05) is 0 Å². The molecule has 0 aliphatic heterocycles. The SMILES string of the molecule is CC(=Cn1c(O)c2ccccc2c1O)N=NC(=O)OC(C)(C)C. The lowest BCUT2D eigenvalue weighted by Gasteiger charge is -2.16. The topological polar surface area (TPSA) is 96.4 Å². The van der Waals surface area contributed by atoms with Crippen LogP contribution in [0.5, 0.6) is 11.8 Å². The number of carbonyl (C=O) groups excluding carboxylic acids is 1. The molecule has 122 valence electrons. The van der Waals surface area contributed by atoms with E-state index < -0.39 is 11.7 Å². The van der Waals surface area contributed by atoms with Crippen LogP contribution in [0.4, 0.5) is 4.79 Å². The Morgan fingerprint density at radius 1 is 1.13 bits per heavy atom. The molecule has 2 aromatic rings. The molecule has 0 aliphatic rings. The Morgan fingerprint density at radius 3 is 2.13 bits per heavy atom. The molecule has 0 aliphatic carbocycles. The third-order valence-electron chi connectivity index (χ3n) is 2.86. The summed E-state index contributed by atoms with van der Waals surface area (Å²) in [6.07, 6.45) is 0.565. The molecule has 0 atom stereocenters. The van der Waals surface area contributed by atoms with Gasteiger partial charge in [0.1, 0.15) is 5.60 Å². The minimum atomic E-state index is -0.809. The first-order chi connectivity index (χ1) is 10.7. The van der Waals surface area contributed by atoms with Gasteiger partial charge in [-0.2, -0.15) is 0 Å². The summed E-state index contributed by atoms with van der Waals surface area (Å²) in [7, 11) is 0. The number of carbonyl (C=O) groups is 1. The molecular formula is C16H19N3O4. The van der Waals surface area contributed by atoms with Crippen molar-refractivity contribution in [1.29, 1.82) is 0 Å². The van der Waals surface area contributed by atoms with Crippen molar-refractivity contribution in [3.63, 3.8) is 0 Å². The third-order valence-corrected chi connectivity index (χ3v) is 2.86. The minimum Gasteiger partial charge on any atom is -0.494 e. The molecule has 0 bridgehead atoms. The predicted molar refractivity (Wildman–Crippen MR) is 86.3 cm³/mol. The number of azo groups is 1. The van der Waals surface area contributed by atoms with Crippen LogP contribution >= 0.6 is 0 Å². The largest absolute Gasteiger partial charge is 0.494 e.